The number of hydrogen-bond donors (Lipinski definition) is 1. The maximum Gasteiger partial charge on any atom is 0.303 e. The topological polar surface area (TPSA) is 114 Å². The number of non-ortho nitro benzene ring substituents is 1. The minimum absolute atomic E-state index is 0.00263. The van der Waals surface area contributed by atoms with Gasteiger partial charge in [-0.25, -0.2) is 0 Å². The predicted octanol–water partition coefficient (Wildman–Crippen LogP) is 4.70. The molecule has 2 aromatic rings. The highest BCUT2D eigenvalue weighted by atomic mass is 32.2. The molecule has 0 radical (unpaired) electrons. The molecule has 0 spiro atoms. The second-order valence-electron chi connectivity index (χ2n) is 6.54. The number of carbonyl (C=O) groups excluding carboxylic acids is 1. The number of unbranched alkanes of at least 4 members (excludes halogenated alkanes) is 2. The van der Waals surface area contributed by atoms with Gasteiger partial charge in [-0.15, -0.1) is 0 Å². The number of nitro benzene ring substituents is 1. The van der Waals surface area contributed by atoms with E-state index >= 15 is 0 Å². The van der Waals surface area contributed by atoms with Crippen LogP contribution >= 0.6 is 24.0 Å². The molecule has 1 saturated heterocycles. The third kappa shape index (κ3) is 5.33. The average molecular weight is 447 g/mol. The Morgan fingerprint density at radius 3 is 2.60 bits per heavy atom. The summed E-state index contributed by atoms with van der Waals surface area (Å²) < 4.78 is 6.22. The summed E-state index contributed by atoms with van der Waals surface area (Å²) in [5, 5.41) is 19.4. The smallest absolute Gasteiger partial charge is 0.303 e. The van der Waals surface area contributed by atoms with E-state index in [4.69, 9.17) is 21.7 Å². The first kappa shape index (κ1) is 21.7. The number of rotatable bonds is 9. The largest absolute Gasteiger partial charge is 0.481 e. The van der Waals surface area contributed by atoms with Crippen molar-refractivity contribution in [3.05, 3.63) is 57.2 Å². The molecular formula is C20H18N2O6S2. The van der Waals surface area contributed by atoms with Crippen molar-refractivity contribution in [1.29, 1.82) is 0 Å². The van der Waals surface area contributed by atoms with E-state index in [1.54, 1.807) is 30.3 Å². The molecule has 8 nitrogen and oxygen atoms in total. The molecule has 0 aliphatic carbocycles. The molecule has 1 amide bonds. The van der Waals surface area contributed by atoms with Gasteiger partial charge in [-0.3, -0.25) is 24.6 Å². The van der Waals surface area contributed by atoms with Gasteiger partial charge in [0.25, 0.3) is 11.6 Å². The Balaban J connectivity index is 1.63. The third-order valence-electron chi connectivity index (χ3n) is 4.41. The molecule has 1 aromatic heterocycles. The number of thioether (sulfide) groups is 1. The molecular weight excluding hydrogens is 428 g/mol. The summed E-state index contributed by atoms with van der Waals surface area (Å²) in [4.78, 5) is 35.4. The van der Waals surface area contributed by atoms with Crippen molar-refractivity contribution in [1.82, 2.24) is 4.90 Å². The standard InChI is InChI=1S/C20H18N2O6S2/c23-18(24)4-2-1-3-11-21-19(25)17(30-20(21)29)12-15-9-10-16(28-15)13-5-7-14(8-6-13)22(26)27/h5-10,12H,1-4,11H2,(H,23,24)/b17-12-. The van der Waals surface area contributed by atoms with Crippen LogP contribution in [-0.4, -0.2) is 37.7 Å². The van der Waals surface area contributed by atoms with Gasteiger partial charge in [0.15, 0.2) is 0 Å². The summed E-state index contributed by atoms with van der Waals surface area (Å²) in [7, 11) is 0. The lowest BCUT2D eigenvalue weighted by Crippen LogP contribution is -2.29. The van der Waals surface area contributed by atoms with Gasteiger partial charge in [-0.1, -0.05) is 30.4 Å². The number of carboxylic acid groups (broad SMARTS) is 1. The normalized spacial score (nSPS) is 15.2. The maximum atomic E-state index is 12.6. The summed E-state index contributed by atoms with van der Waals surface area (Å²) >= 11 is 6.49. The number of nitro groups is 1. The molecule has 10 heteroatoms. The Labute approximate surface area is 181 Å². The van der Waals surface area contributed by atoms with Gasteiger partial charge in [0.2, 0.25) is 0 Å². The number of benzene rings is 1. The van der Waals surface area contributed by atoms with E-state index in [1.807, 2.05) is 0 Å². The van der Waals surface area contributed by atoms with E-state index in [0.29, 0.717) is 52.1 Å². The highest BCUT2D eigenvalue weighted by Crippen LogP contribution is 2.34. The highest BCUT2D eigenvalue weighted by Gasteiger charge is 2.31. The summed E-state index contributed by atoms with van der Waals surface area (Å²) in [6, 6.07) is 9.46. The zero-order valence-electron chi connectivity index (χ0n) is 15.8. The van der Waals surface area contributed by atoms with Crippen molar-refractivity contribution in [2.24, 2.45) is 0 Å². The molecule has 3 rings (SSSR count). The Hall–Kier alpha value is -2.98. The molecule has 0 atom stereocenters. The average Bonchev–Trinajstić information content (AvgIpc) is 3.27. The number of carbonyl (C=O) groups is 2. The second-order valence-corrected chi connectivity index (χ2v) is 8.22. The monoisotopic (exact) mass is 446 g/mol. The lowest BCUT2D eigenvalue weighted by molar-refractivity contribution is -0.384. The van der Waals surface area contributed by atoms with E-state index in [2.05, 4.69) is 0 Å². The van der Waals surface area contributed by atoms with Crippen LogP contribution in [0.5, 0.6) is 0 Å². The van der Waals surface area contributed by atoms with Gasteiger partial charge < -0.3 is 9.52 Å². The Morgan fingerprint density at radius 2 is 1.93 bits per heavy atom. The number of furan rings is 1. The SMILES string of the molecule is O=C(O)CCCCCN1C(=O)/C(=C/c2ccc(-c3ccc([N+](=O)[O-])cc3)o2)SC1=S. The number of thiocarbonyl (C=S) groups is 1. The summed E-state index contributed by atoms with van der Waals surface area (Å²) in [6.07, 6.45) is 3.70. The van der Waals surface area contributed by atoms with Crippen molar-refractivity contribution in [2.45, 2.75) is 25.7 Å². The van der Waals surface area contributed by atoms with Crippen LogP contribution in [0.25, 0.3) is 17.4 Å². The summed E-state index contributed by atoms with van der Waals surface area (Å²) in [6.45, 7) is 0.452. The first-order valence-electron chi connectivity index (χ1n) is 9.17. The number of aliphatic carboxylic acids is 1. The van der Waals surface area contributed by atoms with E-state index < -0.39 is 10.9 Å². The van der Waals surface area contributed by atoms with E-state index in [0.717, 1.165) is 0 Å². The molecule has 30 heavy (non-hydrogen) atoms. The minimum Gasteiger partial charge on any atom is -0.481 e. The molecule has 0 bridgehead atoms. The number of hydrogen-bond acceptors (Lipinski definition) is 7. The van der Waals surface area contributed by atoms with Crippen LogP contribution in [0.4, 0.5) is 5.69 Å². The molecule has 0 unspecified atom stereocenters. The van der Waals surface area contributed by atoms with Crippen molar-refractivity contribution < 1.29 is 24.0 Å². The molecule has 1 aromatic carbocycles. The first-order chi connectivity index (χ1) is 14.3. The molecule has 1 N–H and O–H groups in total. The van der Waals surface area contributed by atoms with E-state index in [9.17, 15) is 19.7 Å². The summed E-state index contributed by atoms with van der Waals surface area (Å²) in [5.74, 6) is -0.0121. The minimum atomic E-state index is -0.824. The van der Waals surface area contributed by atoms with Crippen LogP contribution in [0.2, 0.25) is 0 Å². The number of nitrogens with zero attached hydrogens (tertiary/aromatic N) is 2. The van der Waals surface area contributed by atoms with Gasteiger partial charge in [0.05, 0.1) is 9.83 Å². The zero-order chi connectivity index (χ0) is 21.7. The Bertz CT molecular complexity index is 1010. The van der Waals surface area contributed by atoms with Gasteiger partial charge in [-0.2, -0.15) is 0 Å². The van der Waals surface area contributed by atoms with Gasteiger partial charge >= 0.3 is 5.97 Å². The molecule has 1 aliphatic rings. The zero-order valence-corrected chi connectivity index (χ0v) is 17.4. The molecule has 2 heterocycles. The fourth-order valence-corrected chi connectivity index (χ4v) is 4.17. The van der Waals surface area contributed by atoms with E-state index in [1.165, 1.54) is 28.8 Å². The Morgan fingerprint density at radius 1 is 1.20 bits per heavy atom. The van der Waals surface area contributed by atoms with Crippen LogP contribution in [0.15, 0.2) is 45.7 Å². The van der Waals surface area contributed by atoms with Gasteiger partial charge in [-0.05, 0) is 37.1 Å². The molecule has 0 saturated carbocycles. The highest BCUT2D eigenvalue weighted by molar-refractivity contribution is 8.26. The van der Waals surface area contributed by atoms with Crippen molar-refractivity contribution >= 4 is 51.9 Å². The third-order valence-corrected chi connectivity index (χ3v) is 5.79. The van der Waals surface area contributed by atoms with Crippen LogP contribution < -0.4 is 0 Å². The fraction of sp³-hybridized carbons (Fsp3) is 0.250. The Kier molecular flexibility index (Phi) is 7.01. The van der Waals surface area contributed by atoms with Crippen LogP contribution in [0, 0.1) is 10.1 Å². The lowest BCUT2D eigenvalue weighted by Gasteiger charge is -2.13. The van der Waals surface area contributed by atoms with Crippen molar-refractivity contribution in [3.63, 3.8) is 0 Å². The second kappa shape index (κ2) is 9.68. The van der Waals surface area contributed by atoms with Crippen molar-refractivity contribution in [3.8, 4) is 11.3 Å². The first-order valence-corrected chi connectivity index (χ1v) is 10.4. The van der Waals surface area contributed by atoms with Crippen LogP contribution in [0.3, 0.4) is 0 Å². The van der Waals surface area contributed by atoms with Gasteiger partial charge in [0.1, 0.15) is 15.8 Å². The lowest BCUT2D eigenvalue weighted by atomic mass is 10.1. The van der Waals surface area contributed by atoms with Crippen LogP contribution in [0.1, 0.15) is 31.4 Å². The quantitative estimate of drug-likeness (QED) is 0.194. The number of amides is 1. The van der Waals surface area contributed by atoms with E-state index in [-0.39, 0.29) is 18.0 Å². The molecule has 156 valence electrons. The van der Waals surface area contributed by atoms with Crippen molar-refractivity contribution in [2.75, 3.05) is 6.54 Å². The maximum absolute atomic E-state index is 12.6. The summed E-state index contributed by atoms with van der Waals surface area (Å²) in [5.41, 5.74) is 0.686. The van der Waals surface area contributed by atoms with Crippen LogP contribution in [-0.2, 0) is 9.59 Å². The fourth-order valence-electron chi connectivity index (χ4n) is 2.88. The molecule has 1 aliphatic heterocycles. The number of carboxylic acids is 1. The van der Waals surface area contributed by atoms with Gasteiger partial charge in [0, 0.05) is 36.7 Å². The molecule has 1 fully saturated rings. The predicted molar refractivity (Wildman–Crippen MR) is 117 cm³/mol.